The molecular weight excluding hydrogens is 319 g/mol. The Hall–Kier alpha value is -1.20. The van der Waals surface area contributed by atoms with Crippen molar-refractivity contribution in [1.29, 1.82) is 0 Å². The van der Waals surface area contributed by atoms with E-state index in [0.29, 0.717) is 12.2 Å². The van der Waals surface area contributed by atoms with Gasteiger partial charge in [-0.05, 0) is 41.1 Å². The van der Waals surface area contributed by atoms with Crippen LogP contribution in [0.1, 0.15) is 22.2 Å². The Morgan fingerprint density at radius 2 is 2.22 bits per heavy atom. The summed E-state index contributed by atoms with van der Waals surface area (Å²) < 4.78 is 19.6. The van der Waals surface area contributed by atoms with Crippen LogP contribution >= 0.6 is 27.3 Å². The lowest BCUT2D eigenvalue weighted by molar-refractivity contribution is 0.101. The average molecular weight is 329 g/mol. The lowest BCUT2D eigenvalue weighted by atomic mass is 10.1. The summed E-state index contributed by atoms with van der Waals surface area (Å²) in [5.74, 6) is -0.272. The van der Waals surface area contributed by atoms with Crippen molar-refractivity contribution >= 4 is 33.0 Å². The zero-order chi connectivity index (χ0) is 13.1. The molecule has 5 heteroatoms. The molecule has 0 spiro atoms. The number of thiophene rings is 1. The molecule has 0 aliphatic heterocycles. The first-order valence-corrected chi connectivity index (χ1v) is 6.89. The summed E-state index contributed by atoms with van der Waals surface area (Å²) in [6, 6.07) is 5.86. The predicted molar refractivity (Wildman–Crippen MR) is 72.8 cm³/mol. The second kappa shape index (κ2) is 5.63. The second-order valence-electron chi connectivity index (χ2n) is 3.72. The lowest BCUT2D eigenvalue weighted by Crippen LogP contribution is -2.01. The normalized spacial score (nSPS) is 10.4. The first kappa shape index (κ1) is 13.2. The van der Waals surface area contributed by atoms with Crippen molar-refractivity contribution in [3.8, 4) is 5.75 Å². The SMILES string of the molecule is CC(=O)c1ccc(F)cc1OCc1cc(Br)cs1. The van der Waals surface area contributed by atoms with Crippen molar-refractivity contribution in [1.82, 2.24) is 0 Å². The molecule has 0 N–H and O–H groups in total. The van der Waals surface area contributed by atoms with Crippen LogP contribution in [0.2, 0.25) is 0 Å². The third kappa shape index (κ3) is 3.17. The van der Waals surface area contributed by atoms with Crippen molar-refractivity contribution in [3.63, 3.8) is 0 Å². The summed E-state index contributed by atoms with van der Waals surface area (Å²) in [6.45, 7) is 1.75. The molecule has 0 amide bonds. The van der Waals surface area contributed by atoms with Crippen LogP contribution in [-0.2, 0) is 6.61 Å². The first-order chi connectivity index (χ1) is 8.56. The number of carbonyl (C=O) groups excluding carboxylic acids is 1. The molecule has 1 aromatic heterocycles. The minimum atomic E-state index is -0.414. The highest BCUT2D eigenvalue weighted by Crippen LogP contribution is 2.24. The molecule has 94 valence electrons. The first-order valence-electron chi connectivity index (χ1n) is 5.22. The number of hydrogen-bond donors (Lipinski definition) is 0. The fraction of sp³-hybridized carbons (Fsp3) is 0.154. The number of ketones is 1. The maximum Gasteiger partial charge on any atom is 0.163 e. The zero-order valence-corrected chi connectivity index (χ0v) is 12.0. The topological polar surface area (TPSA) is 26.3 Å². The third-order valence-electron chi connectivity index (χ3n) is 2.31. The van der Waals surface area contributed by atoms with Crippen LogP contribution in [0.15, 0.2) is 34.1 Å². The van der Waals surface area contributed by atoms with Gasteiger partial charge in [0.05, 0.1) is 5.56 Å². The fourth-order valence-corrected chi connectivity index (χ4v) is 2.85. The fourth-order valence-electron chi connectivity index (χ4n) is 1.48. The standard InChI is InChI=1S/C13H10BrFO2S/c1-8(16)12-3-2-10(15)5-13(12)17-6-11-4-9(14)7-18-11/h2-5,7H,6H2,1H3. The Labute approximate surface area is 117 Å². The molecule has 0 aliphatic carbocycles. The van der Waals surface area contributed by atoms with Crippen LogP contribution in [0.25, 0.3) is 0 Å². The van der Waals surface area contributed by atoms with Gasteiger partial charge in [0.15, 0.2) is 5.78 Å². The molecule has 2 nitrogen and oxygen atoms in total. The van der Waals surface area contributed by atoms with E-state index in [1.165, 1.54) is 36.5 Å². The monoisotopic (exact) mass is 328 g/mol. The van der Waals surface area contributed by atoms with Gasteiger partial charge in [-0.15, -0.1) is 11.3 Å². The zero-order valence-electron chi connectivity index (χ0n) is 9.57. The molecule has 2 rings (SSSR count). The molecule has 0 saturated heterocycles. The van der Waals surface area contributed by atoms with E-state index >= 15 is 0 Å². The van der Waals surface area contributed by atoms with E-state index in [1.54, 1.807) is 0 Å². The molecule has 0 unspecified atom stereocenters. The molecule has 1 heterocycles. The molecule has 0 radical (unpaired) electrons. The Morgan fingerprint density at radius 3 is 2.83 bits per heavy atom. The van der Waals surface area contributed by atoms with Gasteiger partial charge in [-0.3, -0.25) is 4.79 Å². The molecule has 1 aromatic carbocycles. The molecule has 18 heavy (non-hydrogen) atoms. The van der Waals surface area contributed by atoms with Crippen LogP contribution in [0.4, 0.5) is 4.39 Å². The number of benzene rings is 1. The number of carbonyl (C=O) groups is 1. The lowest BCUT2D eigenvalue weighted by Gasteiger charge is -2.08. The van der Waals surface area contributed by atoms with Crippen molar-refractivity contribution in [2.45, 2.75) is 13.5 Å². The van der Waals surface area contributed by atoms with E-state index in [9.17, 15) is 9.18 Å². The van der Waals surface area contributed by atoms with Crippen molar-refractivity contribution in [2.24, 2.45) is 0 Å². The quantitative estimate of drug-likeness (QED) is 0.776. The molecule has 0 atom stereocenters. The molecule has 0 aliphatic rings. The third-order valence-corrected chi connectivity index (χ3v) is 3.99. The summed E-state index contributed by atoms with van der Waals surface area (Å²) in [4.78, 5) is 12.4. The average Bonchev–Trinajstić information content (AvgIpc) is 2.72. The van der Waals surface area contributed by atoms with Crippen molar-refractivity contribution in [2.75, 3.05) is 0 Å². The van der Waals surface area contributed by atoms with Gasteiger partial charge in [0.2, 0.25) is 0 Å². The van der Waals surface area contributed by atoms with Gasteiger partial charge in [-0.2, -0.15) is 0 Å². The van der Waals surface area contributed by atoms with Gasteiger partial charge in [0.1, 0.15) is 18.2 Å². The van der Waals surface area contributed by atoms with Crippen LogP contribution in [0.5, 0.6) is 5.75 Å². The molecule has 0 saturated carbocycles. The summed E-state index contributed by atoms with van der Waals surface area (Å²) >= 11 is 4.89. The molecule has 0 fully saturated rings. The maximum absolute atomic E-state index is 13.1. The number of ether oxygens (including phenoxy) is 1. The van der Waals surface area contributed by atoms with Gasteiger partial charge in [-0.25, -0.2) is 4.39 Å². The minimum absolute atomic E-state index is 0.141. The minimum Gasteiger partial charge on any atom is -0.487 e. The number of hydrogen-bond acceptors (Lipinski definition) is 3. The van der Waals surface area contributed by atoms with E-state index in [4.69, 9.17) is 4.74 Å². The summed E-state index contributed by atoms with van der Waals surface area (Å²) in [6.07, 6.45) is 0. The highest BCUT2D eigenvalue weighted by molar-refractivity contribution is 9.10. The second-order valence-corrected chi connectivity index (χ2v) is 5.63. The Morgan fingerprint density at radius 1 is 1.44 bits per heavy atom. The van der Waals surface area contributed by atoms with E-state index in [-0.39, 0.29) is 11.5 Å². The summed E-state index contributed by atoms with van der Waals surface area (Å²) in [7, 11) is 0. The smallest absolute Gasteiger partial charge is 0.163 e. The Balaban J connectivity index is 2.17. The summed E-state index contributed by atoms with van der Waals surface area (Å²) in [5, 5.41) is 1.94. The molecular formula is C13H10BrFO2S. The number of halogens is 2. The van der Waals surface area contributed by atoms with Gasteiger partial charge in [0, 0.05) is 20.8 Å². The Kier molecular flexibility index (Phi) is 4.14. The van der Waals surface area contributed by atoms with E-state index in [0.717, 1.165) is 9.35 Å². The highest BCUT2D eigenvalue weighted by atomic mass is 79.9. The van der Waals surface area contributed by atoms with Crippen LogP contribution < -0.4 is 4.74 Å². The van der Waals surface area contributed by atoms with Gasteiger partial charge >= 0.3 is 0 Å². The number of Topliss-reactive ketones (excluding diaryl/α,β-unsaturated/α-hetero) is 1. The van der Waals surface area contributed by atoms with Crippen LogP contribution in [0, 0.1) is 5.82 Å². The largest absolute Gasteiger partial charge is 0.487 e. The van der Waals surface area contributed by atoms with Crippen LogP contribution in [-0.4, -0.2) is 5.78 Å². The highest BCUT2D eigenvalue weighted by Gasteiger charge is 2.10. The number of rotatable bonds is 4. The predicted octanol–water partition coefficient (Wildman–Crippen LogP) is 4.43. The van der Waals surface area contributed by atoms with Gasteiger partial charge < -0.3 is 4.74 Å². The molecule has 2 aromatic rings. The van der Waals surface area contributed by atoms with E-state index < -0.39 is 5.82 Å². The Bertz CT molecular complexity index is 580. The van der Waals surface area contributed by atoms with Gasteiger partial charge in [0.25, 0.3) is 0 Å². The molecule has 0 bridgehead atoms. The van der Waals surface area contributed by atoms with E-state index in [1.807, 2.05) is 11.4 Å². The maximum atomic E-state index is 13.1. The summed E-state index contributed by atoms with van der Waals surface area (Å²) in [5.41, 5.74) is 0.395. The van der Waals surface area contributed by atoms with Gasteiger partial charge in [-0.1, -0.05) is 0 Å². The van der Waals surface area contributed by atoms with Crippen molar-refractivity contribution in [3.05, 3.63) is 50.4 Å². The van der Waals surface area contributed by atoms with Crippen LogP contribution in [0.3, 0.4) is 0 Å². The van der Waals surface area contributed by atoms with E-state index in [2.05, 4.69) is 15.9 Å². The van der Waals surface area contributed by atoms with Crippen molar-refractivity contribution < 1.29 is 13.9 Å².